The molecule has 0 radical (unpaired) electrons. The number of aromatic nitrogens is 1. The molecule has 1 atom stereocenters. The van der Waals surface area contributed by atoms with Crippen LogP contribution in [0.2, 0.25) is 5.02 Å². The molecule has 3 N–H and O–H groups in total. The Morgan fingerprint density at radius 3 is 2.55 bits per heavy atom. The molecule has 0 aliphatic carbocycles. The molecule has 166 valence electrons. The molecule has 0 bridgehead atoms. The summed E-state index contributed by atoms with van der Waals surface area (Å²) in [7, 11) is -2.42. The molecule has 31 heavy (non-hydrogen) atoms. The summed E-state index contributed by atoms with van der Waals surface area (Å²) in [5.74, 6) is -1.24. The van der Waals surface area contributed by atoms with Gasteiger partial charge >= 0.3 is 0 Å². The van der Waals surface area contributed by atoms with Crippen molar-refractivity contribution in [2.24, 2.45) is 10.7 Å². The number of hydrogen-bond donors (Lipinski definition) is 2. The highest BCUT2D eigenvalue weighted by Crippen LogP contribution is 2.36. The van der Waals surface area contributed by atoms with Crippen LogP contribution >= 0.6 is 11.6 Å². The summed E-state index contributed by atoms with van der Waals surface area (Å²) in [5, 5.41) is 3.04. The standard InChI is InChI=1S/C20H23ClFN5O3S/c1-19(2)18(23)26-20(3,11-27(4)31(19,29)30)14-9-13(6-7-15(14)22)25-17(28)16-8-5-12(21)10-24-16/h5-10H,11H2,1-4H3,(H2,23,26)(H,25,28). The molecule has 1 aliphatic rings. The van der Waals surface area contributed by atoms with Crippen LogP contribution in [0.3, 0.4) is 0 Å². The number of amidine groups is 1. The average Bonchev–Trinajstić information content (AvgIpc) is 2.72. The number of nitrogens with one attached hydrogen (secondary N) is 1. The fraction of sp³-hybridized carbons (Fsp3) is 0.350. The summed E-state index contributed by atoms with van der Waals surface area (Å²) in [5.41, 5.74) is 5.26. The number of hydrogen-bond acceptors (Lipinski definition) is 6. The van der Waals surface area contributed by atoms with Gasteiger partial charge in [-0.25, -0.2) is 22.1 Å². The van der Waals surface area contributed by atoms with Crippen LogP contribution in [-0.2, 0) is 15.6 Å². The van der Waals surface area contributed by atoms with Gasteiger partial charge in [-0.2, -0.15) is 0 Å². The van der Waals surface area contributed by atoms with Gasteiger partial charge in [0, 0.05) is 31.0 Å². The van der Waals surface area contributed by atoms with Crippen molar-refractivity contribution in [3.05, 3.63) is 58.6 Å². The van der Waals surface area contributed by atoms with Crippen LogP contribution in [0.4, 0.5) is 10.1 Å². The zero-order chi connectivity index (χ0) is 23.2. The molecule has 2 heterocycles. The average molecular weight is 468 g/mol. The molecule has 11 heteroatoms. The lowest BCUT2D eigenvalue weighted by atomic mass is 9.91. The molecule has 1 aromatic heterocycles. The molecule has 1 unspecified atom stereocenters. The zero-order valence-electron chi connectivity index (χ0n) is 17.5. The zero-order valence-corrected chi connectivity index (χ0v) is 19.1. The van der Waals surface area contributed by atoms with Crippen molar-refractivity contribution in [2.75, 3.05) is 18.9 Å². The number of halogens is 2. The topological polar surface area (TPSA) is 118 Å². The van der Waals surface area contributed by atoms with Gasteiger partial charge in [-0.3, -0.25) is 9.79 Å². The van der Waals surface area contributed by atoms with E-state index in [0.717, 1.165) is 4.31 Å². The molecule has 0 saturated carbocycles. The third-order valence-electron chi connectivity index (χ3n) is 5.33. The molecule has 1 aliphatic heterocycles. The second-order valence-corrected chi connectivity index (χ2v) is 11.1. The van der Waals surface area contributed by atoms with E-state index in [1.165, 1.54) is 57.4 Å². The number of anilines is 1. The van der Waals surface area contributed by atoms with Gasteiger partial charge in [0.1, 0.15) is 27.6 Å². The van der Waals surface area contributed by atoms with Gasteiger partial charge in [-0.05, 0) is 51.1 Å². The molecule has 0 saturated heterocycles. The van der Waals surface area contributed by atoms with Crippen LogP contribution < -0.4 is 11.1 Å². The van der Waals surface area contributed by atoms with Crippen LogP contribution in [0, 0.1) is 5.82 Å². The Labute approximate surface area is 185 Å². The Balaban J connectivity index is 2.02. The van der Waals surface area contributed by atoms with Crippen molar-refractivity contribution >= 4 is 39.1 Å². The van der Waals surface area contributed by atoms with Gasteiger partial charge in [-0.15, -0.1) is 0 Å². The first-order valence-electron chi connectivity index (χ1n) is 9.32. The van der Waals surface area contributed by atoms with Gasteiger partial charge in [0.05, 0.1) is 5.02 Å². The number of pyridine rings is 1. The SMILES string of the molecule is CN1CC(C)(c2cc(NC(=O)c3ccc(Cl)cn3)ccc2F)N=C(N)C(C)(C)S1(=O)=O. The molecule has 3 rings (SSSR count). The maximum atomic E-state index is 14.9. The van der Waals surface area contributed by atoms with Gasteiger partial charge in [0.15, 0.2) is 0 Å². The Kier molecular flexibility index (Phi) is 5.85. The summed E-state index contributed by atoms with van der Waals surface area (Å²) in [6.07, 6.45) is 1.34. The van der Waals surface area contributed by atoms with E-state index in [9.17, 15) is 17.6 Å². The number of likely N-dealkylation sites (N-methyl/N-ethyl adjacent to an activating group) is 1. The fourth-order valence-electron chi connectivity index (χ4n) is 3.34. The van der Waals surface area contributed by atoms with Crippen LogP contribution in [0.15, 0.2) is 41.5 Å². The minimum absolute atomic E-state index is 0.0945. The third kappa shape index (κ3) is 4.15. The number of amides is 1. The molecular formula is C20H23ClFN5O3S. The van der Waals surface area contributed by atoms with Gasteiger partial charge in [0.2, 0.25) is 10.0 Å². The first kappa shape index (κ1) is 23.1. The minimum atomic E-state index is -3.82. The molecule has 1 amide bonds. The maximum absolute atomic E-state index is 14.9. The first-order chi connectivity index (χ1) is 14.3. The maximum Gasteiger partial charge on any atom is 0.274 e. The number of benzene rings is 1. The number of sulfonamides is 1. The fourth-order valence-corrected chi connectivity index (χ4v) is 4.96. The largest absolute Gasteiger partial charge is 0.386 e. The number of aliphatic imine (C=N–C) groups is 1. The van der Waals surface area contributed by atoms with Crippen molar-refractivity contribution in [3.63, 3.8) is 0 Å². The predicted molar refractivity (Wildman–Crippen MR) is 118 cm³/mol. The highest BCUT2D eigenvalue weighted by Gasteiger charge is 2.48. The Morgan fingerprint density at radius 2 is 1.94 bits per heavy atom. The third-order valence-corrected chi connectivity index (χ3v) is 8.01. The predicted octanol–water partition coefficient (Wildman–Crippen LogP) is 2.75. The van der Waals surface area contributed by atoms with Gasteiger partial charge in [-0.1, -0.05) is 11.6 Å². The van der Waals surface area contributed by atoms with Crippen LogP contribution in [-0.4, -0.2) is 47.8 Å². The van der Waals surface area contributed by atoms with E-state index in [2.05, 4.69) is 15.3 Å². The van der Waals surface area contributed by atoms with Crippen LogP contribution in [0.5, 0.6) is 0 Å². The summed E-state index contributed by atoms with van der Waals surface area (Å²) in [6, 6.07) is 6.98. The van der Waals surface area contributed by atoms with Crippen LogP contribution in [0.25, 0.3) is 0 Å². The van der Waals surface area contributed by atoms with E-state index in [1.807, 2.05) is 0 Å². The monoisotopic (exact) mass is 467 g/mol. The highest BCUT2D eigenvalue weighted by molar-refractivity contribution is 7.91. The summed E-state index contributed by atoms with van der Waals surface area (Å²) >= 11 is 5.79. The summed E-state index contributed by atoms with van der Waals surface area (Å²) < 4.78 is 40.2. The van der Waals surface area contributed by atoms with Gasteiger partial charge in [0.25, 0.3) is 5.91 Å². The van der Waals surface area contributed by atoms with E-state index >= 15 is 0 Å². The van der Waals surface area contributed by atoms with Crippen molar-refractivity contribution in [2.45, 2.75) is 31.1 Å². The molecule has 0 spiro atoms. The second kappa shape index (κ2) is 7.85. The lowest BCUT2D eigenvalue weighted by Crippen LogP contribution is -2.50. The van der Waals surface area contributed by atoms with E-state index < -0.39 is 32.0 Å². The Hall–Kier alpha value is -2.56. The molecule has 8 nitrogen and oxygen atoms in total. The normalized spacial score (nSPS) is 23.0. The quantitative estimate of drug-likeness (QED) is 0.719. The highest BCUT2D eigenvalue weighted by atomic mass is 35.5. The number of rotatable bonds is 3. The summed E-state index contributed by atoms with van der Waals surface area (Å²) in [6.45, 7) is 4.37. The second-order valence-electron chi connectivity index (χ2n) is 8.05. The van der Waals surface area contributed by atoms with E-state index in [4.69, 9.17) is 17.3 Å². The lowest BCUT2D eigenvalue weighted by Gasteiger charge is -2.29. The van der Waals surface area contributed by atoms with Crippen LogP contribution in [0.1, 0.15) is 36.8 Å². The van der Waals surface area contributed by atoms with Crippen molar-refractivity contribution in [1.82, 2.24) is 9.29 Å². The molecular weight excluding hydrogens is 445 g/mol. The number of carbonyl (C=O) groups excluding carboxylic acids is 1. The lowest BCUT2D eigenvalue weighted by molar-refractivity contribution is 0.102. The van der Waals surface area contributed by atoms with E-state index in [1.54, 1.807) is 6.92 Å². The van der Waals surface area contributed by atoms with Crippen molar-refractivity contribution < 1.29 is 17.6 Å². The number of nitrogens with two attached hydrogens (primary N) is 1. The minimum Gasteiger partial charge on any atom is -0.386 e. The first-order valence-corrected chi connectivity index (χ1v) is 11.1. The van der Waals surface area contributed by atoms with Gasteiger partial charge < -0.3 is 11.1 Å². The molecule has 2 aromatic rings. The Morgan fingerprint density at radius 1 is 1.26 bits per heavy atom. The van der Waals surface area contributed by atoms with E-state index in [0.29, 0.717) is 10.7 Å². The smallest absolute Gasteiger partial charge is 0.274 e. The number of nitrogens with zero attached hydrogens (tertiary/aromatic N) is 3. The van der Waals surface area contributed by atoms with Crippen molar-refractivity contribution in [3.8, 4) is 0 Å². The van der Waals surface area contributed by atoms with Crippen molar-refractivity contribution in [1.29, 1.82) is 0 Å². The van der Waals surface area contributed by atoms with E-state index in [-0.39, 0.29) is 23.6 Å². The number of carbonyl (C=O) groups is 1. The molecule has 0 fully saturated rings. The molecule has 1 aromatic carbocycles. The Bertz CT molecular complexity index is 1170. The summed E-state index contributed by atoms with van der Waals surface area (Å²) in [4.78, 5) is 20.8.